The van der Waals surface area contributed by atoms with Crippen LogP contribution in [0.25, 0.3) is 0 Å². The number of benzene rings is 1. The molecule has 2 fully saturated rings. The van der Waals surface area contributed by atoms with E-state index in [2.05, 4.69) is 25.5 Å². The Labute approximate surface area is 211 Å². The predicted molar refractivity (Wildman–Crippen MR) is 140 cm³/mol. The Bertz CT molecular complexity index is 945. The third-order valence-electron chi connectivity index (χ3n) is 6.35. The number of aromatic nitrogens is 1. The molecule has 2 aromatic rings. The summed E-state index contributed by atoms with van der Waals surface area (Å²) in [5.74, 6) is 1.59. The molecular formula is C24H32FIN6O. The molecule has 178 valence electrons. The Morgan fingerprint density at radius 2 is 1.82 bits per heavy atom. The summed E-state index contributed by atoms with van der Waals surface area (Å²) in [6.07, 6.45) is 4.12. The van der Waals surface area contributed by atoms with Gasteiger partial charge in [-0.15, -0.1) is 24.0 Å². The molecule has 2 N–H and O–H groups in total. The van der Waals surface area contributed by atoms with Gasteiger partial charge in [0.2, 0.25) is 5.91 Å². The summed E-state index contributed by atoms with van der Waals surface area (Å²) in [6, 6.07) is 12.9. The van der Waals surface area contributed by atoms with E-state index >= 15 is 0 Å². The van der Waals surface area contributed by atoms with E-state index in [4.69, 9.17) is 0 Å². The third kappa shape index (κ3) is 6.33. The van der Waals surface area contributed by atoms with Gasteiger partial charge in [0, 0.05) is 64.3 Å². The van der Waals surface area contributed by atoms with Gasteiger partial charge in [-0.05, 0) is 36.6 Å². The zero-order valence-electron chi connectivity index (χ0n) is 19.0. The van der Waals surface area contributed by atoms with Gasteiger partial charge in [0.15, 0.2) is 5.96 Å². The minimum absolute atomic E-state index is 0. The van der Waals surface area contributed by atoms with Crippen LogP contribution in [-0.2, 0) is 10.2 Å². The number of carbonyl (C=O) groups is 1. The molecule has 7 nitrogen and oxygen atoms in total. The monoisotopic (exact) mass is 566 g/mol. The quantitative estimate of drug-likeness (QED) is 0.307. The van der Waals surface area contributed by atoms with Crippen molar-refractivity contribution in [3.05, 3.63) is 60.0 Å². The first-order chi connectivity index (χ1) is 15.6. The Hall–Kier alpha value is -2.43. The SMILES string of the molecule is CN=C(NCCC(=O)N1CCN(c2ccccn2)CC1)NCC1(c2ccccc2F)CC1.I. The predicted octanol–water partition coefficient (Wildman–Crippen LogP) is 2.77. The van der Waals surface area contributed by atoms with E-state index in [1.165, 1.54) is 6.07 Å². The zero-order valence-corrected chi connectivity index (χ0v) is 21.3. The maximum absolute atomic E-state index is 14.2. The molecule has 1 aliphatic carbocycles. The van der Waals surface area contributed by atoms with Crippen molar-refractivity contribution in [3.8, 4) is 0 Å². The molecule has 33 heavy (non-hydrogen) atoms. The molecule has 4 rings (SSSR count). The van der Waals surface area contributed by atoms with Crippen LogP contribution >= 0.6 is 24.0 Å². The number of guanidine groups is 1. The average molecular weight is 566 g/mol. The number of anilines is 1. The maximum Gasteiger partial charge on any atom is 0.224 e. The van der Waals surface area contributed by atoms with Crippen LogP contribution in [0.3, 0.4) is 0 Å². The van der Waals surface area contributed by atoms with E-state index in [1.807, 2.05) is 35.2 Å². The van der Waals surface area contributed by atoms with Crippen LogP contribution in [0.1, 0.15) is 24.8 Å². The van der Waals surface area contributed by atoms with Crippen LogP contribution in [0.15, 0.2) is 53.7 Å². The highest BCUT2D eigenvalue weighted by molar-refractivity contribution is 14.0. The maximum atomic E-state index is 14.2. The molecule has 1 amide bonds. The summed E-state index contributed by atoms with van der Waals surface area (Å²) in [5.41, 5.74) is 0.606. The van der Waals surface area contributed by atoms with E-state index in [9.17, 15) is 9.18 Å². The molecular weight excluding hydrogens is 534 g/mol. The number of nitrogens with zero attached hydrogens (tertiary/aromatic N) is 4. The first-order valence-electron chi connectivity index (χ1n) is 11.2. The van der Waals surface area contributed by atoms with Gasteiger partial charge in [0.25, 0.3) is 0 Å². The summed E-state index contributed by atoms with van der Waals surface area (Å²) in [5, 5.41) is 6.53. The van der Waals surface area contributed by atoms with E-state index in [0.29, 0.717) is 38.6 Å². The highest BCUT2D eigenvalue weighted by atomic mass is 127. The number of carbonyl (C=O) groups excluding carboxylic acids is 1. The van der Waals surface area contributed by atoms with Crippen molar-refractivity contribution in [2.24, 2.45) is 4.99 Å². The number of hydrogen-bond donors (Lipinski definition) is 2. The average Bonchev–Trinajstić information content (AvgIpc) is 3.63. The molecule has 9 heteroatoms. The molecule has 1 aliphatic heterocycles. The largest absolute Gasteiger partial charge is 0.356 e. The Kier molecular flexibility index (Phi) is 8.87. The van der Waals surface area contributed by atoms with E-state index < -0.39 is 0 Å². The van der Waals surface area contributed by atoms with Crippen molar-refractivity contribution >= 4 is 41.7 Å². The minimum Gasteiger partial charge on any atom is -0.356 e. The topological polar surface area (TPSA) is 72.9 Å². The molecule has 0 unspecified atom stereocenters. The van der Waals surface area contributed by atoms with Gasteiger partial charge in [-0.3, -0.25) is 9.79 Å². The van der Waals surface area contributed by atoms with Gasteiger partial charge in [0.05, 0.1) is 0 Å². The van der Waals surface area contributed by atoms with Crippen molar-refractivity contribution in [1.29, 1.82) is 0 Å². The number of piperazine rings is 1. The fourth-order valence-corrected chi connectivity index (χ4v) is 4.23. The molecule has 1 aromatic carbocycles. The first kappa shape index (κ1) is 25.2. The van der Waals surface area contributed by atoms with E-state index in [-0.39, 0.29) is 41.1 Å². The molecule has 1 saturated carbocycles. The number of halogens is 2. The Balaban J connectivity index is 0.00000306. The summed E-state index contributed by atoms with van der Waals surface area (Å²) in [4.78, 5) is 25.4. The van der Waals surface area contributed by atoms with Crippen LogP contribution in [0.2, 0.25) is 0 Å². The number of amides is 1. The minimum atomic E-state index is -0.161. The Morgan fingerprint density at radius 3 is 2.45 bits per heavy atom. The number of rotatable bonds is 7. The smallest absolute Gasteiger partial charge is 0.224 e. The summed E-state index contributed by atoms with van der Waals surface area (Å²) < 4.78 is 14.2. The normalized spacial score (nSPS) is 17.2. The van der Waals surface area contributed by atoms with E-state index in [1.54, 1.807) is 19.3 Å². The van der Waals surface area contributed by atoms with Crippen LogP contribution in [0.4, 0.5) is 10.2 Å². The lowest BCUT2D eigenvalue weighted by atomic mass is 9.95. The molecule has 0 atom stereocenters. The van der Waals surface area contributed by atoms with Gasteiger partial charge in [-0.2, -0.15) is 0 Å². The lowest BCUT2D eigenvalue weighted by Crippen LogP contribution is -2.49. The van der Waals surface area contributed by atoms with Crippen LogP contribution in [-0.4, -0.2) is 68.1 Å². The second-order valence-corrected chi connectivity index (χ2v) is 8.42. The number of aliphatic imine (C=N–C) groups is 1. The highest BCUT2D eigenvalue weighted by Gasteiger charge is 2.45. The standard InChI is InChI=1S/C24H31FN6O.HI/c1-26-23(29-18-24(10-11-24)19-6-2-3-7-20(19)25)28-13-9-22(32)31-16-14-30(15-17-31)21-8-4-5-12-27-21;/h2-8,12H,9-11,13-18H2,1H3,(H2,26,28,29);1H. The summed E-state index contributed by atoms with van der Waals surface area (Å²) in [7, 11) is 1.71. The third-order valence-corrected chi connectivity index (χ3v) is 6.35. The lowest BCUT2D eigenvalue weighted by molar-refractivity contribution is -0.131. The lowest BCUT2D eigenvalue weighted by Gasteiger charge is -2.35. The van der Waals surface area contributed by atoms with Gasteiger partial charge < -0.3 is 20.4 Å². The number of nitrogens with one attached hydrogen (secondary N) is 2. The second kappa shape index (κ2) is 11.6. The zero-order chi connectivity index (χ0) is 22.4. The Morgan fingerprint density at radius 1 is 1.09 bits per heavy atom. The van der Waals surface area contributed by atoms with Crippen LogP contribution in [0, 0.1) is 5.82 Å². The van der Waals surface area contributed by atoms with Gasteiger partial charge in [-0.1, -0.05) is 24.3 Å². The summed E-state index contributed by atoms with van der Waals surface area (Å²) >= 11 is 0. The first-order valence-corrected chi connectivity index (χ1v) is 11.2. The van der Waals surface area contributed by atoms with Gasteiger partial charge in [-0.25, -0.2) is 9.37 Å². The van der Waals surface area contributed by atoms with Gasteiger partial charge >= 0.3 is 0 Å². The van der Waals surface area contributed by atoms with Crippen LogP contribution in [0.5, 0.6) is 0 Å². The van der Waals surface area contributed by atoms with Crippen molar-refractivity contribution in [1.82, 2.24) is 20.5 Å². The fourth-order valence-electron chi connectivity index (χ4n) is 4.23. The van der Waals surface area contributed by atoms with Crippen molar-refractivity contribution in [2.75, 3.05) is 51.2 Å². The van der Waals surface area contributed by atoms with Gasteiger partial charge in [0.1, 0.15) is 11.6 Å². The molecule has 1 aromatic heterocycles. The van der Waals surface area contributed by atoms with Crippen molar-refractivity contribution < 1.29 is 9.18 Å². The fraction of sp³-hybridized carbons (Fsp3) is 0.458. The molecule has 0 radical (unpaired) electrons. The number of pyridine rings is 1. The second-order valence-electron chi connectivity index (χ2n) is 8.42. The van der Waals surface area contributed by atoms with E-state index in [0.717, 1.165) is 37.3 Å². The number of hydrogen-bond acceptors (Lipinski definition) is 4. The van der Waals surface area contributed by atoms with Crippen molar-refractivity contribution in [3.63, 3.8) is 0 Å². The molecule has 0 bridgehead atoms. The molecule has 2 aliphatic rings. The molecule has 1 saturated heterocycles. The molecule has 2 heterocycles. The molecule has 0 spiro atoms. The van der Waals surface area contributed by atoms with Crippen LogP contribution < -0.4 is 15.5 Å². The highest BCUT2D eigenvalue weighted by Crippen LogP contribution is 2.48. The van der Waals surface area contributed by atoms with Crippen molar-refractivity contribution in [2.45, 2.75) is 24.7 Å². The summed E-state index contributed by atoms with van der Waals surface area (Å²) in [6.45, 7) is 4.11.